The Hall–Kier alpha value is -1.41. The summed E-state index contributed by atoms with van der Waals surface area (Å²) >= 11 is 1.45. The number of thioether (sulfide) groups is 1. The zero-order chi connectivity index (χ0) is 13.7. The SMILES string of the molecule is CCNc1ncc([N+](=O)[O-])c(SC2CCOCC2)n1. The molecule has 0 spiro atoms. The van der Waals surface area contributed by atoms with E-state index in [1.807, 2.05) is 6.92 Å². The van der Waals surface area contributed by atoms with Crippen molar-refractivity contribution in [2.45, 2.75) is 30.0 Å². The molecule has 1 saturated heterocycles. The first-order valence-corrected chi connectivity index (χ1v) is 7.08. The lowest BCUT2D eigenvalue weighted by atomic mass is 10.2. The molecule has 0 atom stereocenters. The van der Waals surface area contributed by atoms with E-state index in [-0.39, 0.29) is 5.69 Å². The van der Waals surface area contributed by atoms with Gasteiger partial charge in [0.25, 0.3) is 0 Å². The van der Waals surface area contributed by atoms with Gasteiger partial charge in [-0.1, -0.05) is 11.8 Å². The van der Waals surface area contributed by atoms with E-state index in [2.05, 4.69) is 15.3 Å². The molecule has 1 N–H and O–H groups in total. The van der Waals surface area contributed by atoms with Gasteiger partial charge in [-0.15, -0.1) is 0 Å². The molecule has 1 aromatic heterocycles. The van der Waals surface area contributed by atoms with Crippen LogP contribution in [0.3, 0.4) is 0 Å². The van der Waals surface area contributed by atoms with Crippen LogP contribution < -0.4 is 5.32 Å². The number of rotatable bonds is 5. The van der Waals surface area contributed by atoms with Crippen molar-refractivity contribution < 1.29 is 9.66 Å². The highest BCUT2D eigenvalue weighted by molar-refractivity contribution is 8.00. The Labute approximate surface area is 115 Å². The first-order chi connectivity index (χ1) is 9.20. The normalized spacial score (nSPS) is 16.3. The highest BCUT2D eigenvalue weighted by Crippen LogP contribution is 2.34. The van der Waals surface area contributed by atoms with Crippen LogP contribution in [0.2, 0.25) is 0 Å². The van der Waals surface area contributed by atoms with E-state index in [9.17, 15) is 10.1 Å². The van der Waals surface area contributed by atoms with Gasteiger partial charge in [0.15, 0.2) is 5.03 Å². The van der Waals surface area contributed by atoms with Crippen LogP contribution in [0.4, 0.5) is 11.6 Å². The minimum Gasteiger partial charge on any atom is -0.381 e. The molecule has 0 aromatic carbocycles. The topological polar surface area (TPSA) is 90.2 Å². The molecule has 104 valence electrons. The average molecular weight is 284 g/mol. The lowest BCUT2D eigenvalue weighted by Crippen LogP contribution is -2.18. The van der Waals surface area contributed by atoms with Crippen molar-refractivity contribution in [2.75, 3.05) is 25.1 Å². The van der Waals surface area contributed by atoms with Crippen molar-refractivity contribution in [3.63, 3.8) is 0 Å². The zero-order valence-electron chi connectivity index (χ0n) is 10.7. The van der Waals surface area contributed by atoms with Gasteiger partial charge in [0.1, 0.15) is 6.20 Å². The highest BCUT2D eigenvalue weighted by atomic mass is 32.2. The molecule has 0 radical (unpaired) electrons. The molecule has 1 aromatic rings. The Bertz CT molecular complexity index is 452. The summed E-state index contributed by atoms with van der Waals surface area (Å²) in [7, 11) is 0. The van der Waals surface area contributed by atoms with Crippen LogP contribution in [0, 0.1) is 10.1 Å². The molecule has 0 aliphatic carbocycles. The van der Waals surface area contributed by atoms with Gasteiger partial charge in [-0.3, -0.25) is 10.1 Å². The van der Waals surface area contributed by atoms with E-state index in [0.29, 0.717) is 36.0 Å². The molecular weight excluding hydrogens is 268 g/mol. The summed E-state index contributed by atoms with van der Waals surface area (Å²) in [4.78, 5) is 18.7. The molecule has 7 nitrogen and oxygen atoms in total. The minimum absolute atomic E-state index is 0.0295. The number of ether oxygens (including phenoxy) is 1. The third kappa shape index (κ3) is 3.77. The Morgan fingerprint density at radius 1 is 1.58 bits per heavy atom. The number of nitro groups is 1. The maximum Gasteiger partial charge on any atom is 0.319 e. The third-order valence-electron chi connectivity index (χ3n) is 2.71. The molecule has 19 heavy (non-hydrogen) atoms. The van der Waals surface area contributed by atoms with E-state index in [1.165, 1.54) is 18.0 Å². The molecular formula is C11H16N4O3S. The summed E-state index contributed by atoms with van der Waals surface area (Å²) in [6.45, 7) is 4.02. The summed E-state index contributed by atoms with van der Waals surface area (Å²) in [6.07, 6.45) is 3.05. The van der Waals surface area contributed by atoms with E-state index in [1.54, 1.807) is 0 Å². The Morgan fingerprint density at radius 2 is 2.32 bits per heavy atom. The van der Waals surface area contributed by atoms with Gasteiger partial charge in [0.05, 0.1) is 4.92 Å². The Balaban J connectivity index is 2.18. The first kappa shape index (κ1) is 14.0. The molecule has 1 aliphatic rings. The van der Waals surface area contributed by atoms with Crippen molar-refractivity contribution in [3.8, 4) is 0 Å². The Morgan fingerprint density at radius 3 is 2.95 bits per heavy atom. The molecule has 1 aliphatic heterocycles. The second kappa shape index (κ2) is 6.67. The standard InChI is InChI=1S/C11H16N4O3S/c1-2-12-11-13-7-9(15(16)17)10(14-11)19-8-3-5-18-6-4-8/h7-8H,2-6H2,1H3,(H,12,13,14). The fraction of sp³-hybridized carbons (Fsp3) is 0.636. The van der Waals surface area contributed by atoms with E-state index in [0.717, 1.165) is 12.8 Å². The number of hydrogen-bond donors (Lipinski definition) is 1. The van der Waals surface area contributed by atoms with Crippen LogP contribution in [-0.4, -0.2) is 39.9 Å². The fourth-order valence-corrected chi connectivity index (χ4v) is 2.90. The van der Waals surface area contributed by atoms with Gasteiger partial charge >= 0.3 is 5.69 Å². The number of anilines is 1. The van der Waals surface area contributed by atoms with Crippen LogP contribution >= 0.6 is 11.8 Å². The quantitative estimate of drug-likeness (QED) is 0.503. The summed E-state index contributed by atoms with van der Waals surface area (Å²) in [5.74, 6) is 0.433. The first-order valence-electron chi connectivity index (χ1n) is 6.20. The number of aromatic nitrogens is 2. The average Bonchev–Trinajstić information content (AvgIpc) is 2.40. The van der Waals surface area contributed by atoms with Crippen LogP contribution in [-0.2, 0) is 4.74 Å². The number of nitrogens with one attached hydrogen (secondary N) is 1. The van der Waals surface area contributed by atoms with E-state index in [4.69, 9.17) is 4.74 Å². The van der Waals surface area contributed by atoms with Crippen LogP contribution in [0.5, 0.6) is 0 Å². The van der Waals surface area contributed by atoms with Crippen LogP contribution in [0.1, 0.15) is 19.8 Å². The van der Waals surface area contributed by atoms with Gasteiger partial charge in [-0.2, -0.15) is 4.98 Å². The van der Waals surface area contributed by atoms with Crippen LogP contribution in [0.25, 0.3) is 0 Å². The molecule has 0 amide bonds. The predicted octanol–water partition coefficient (Wildman–Crippen LogP) is 2.09. The minimum atomic E-state index is -0.433. The highest BCUT2D eigenvalue weighted by Gasteiger charge is 2.23. The maximum absolute atomic E-state index is 11.0. The van der Waals surface area contributed by atoms with Gasteiger partial charge in [-0.05, 0) is 19.8 Å². The predicted molar refractivity (Wildman–Crippen MR) is 72.5 cm³/mol. The van der Waals surface area contributed by atoms with E-state index >= 15 is 0 Å². The largest absolute Gasteiger partial charge is 0.381 e. The van der Waals surface area contributed by atoms with Gasteiger partial charge < -0.3 is 10.1 Å². The van der Waals surface area contributed by atoms with Crippen LogP contribution in [0.15, 0.2) is 11.2 Å². The van der Waals surface area contributed by atoms with E-state index < -0.39 is 4.92 Å². The van der Waals surface area contributed by atoms with Crippen molar-refractivity contribution in [1.29, 1.82) is 0 Å². The Kier molecular flexibility index (Phi) is 4.92. The number of nitrogens with zero attached hydrogens (tertiary/aromatic N) is 3. The van der Waals surface area contributed by atoms with Crippen molar-refractivity contribution >= 4 is 23.4 Å². The molecule has 0 saturated carbocycles. The summed E-state index contributed by atoms with van der Waals surface area (Å²) in [6, 6.07) is 0. The summed E-state index contributed by atoms with van der Waals surface area (Å²) in [5.41, 5.74) is -0.0295. The second-order valence-corrected chi connectivity index (χ2v) is 5.39. The molecule has 0 bridgehead atoms. The molecule has 2 rings (SSSR count). The molecule has 2 heterocycles. The zero-order valence-corrected chi connectivity index (χ0v) is 11.5. The fourth-order valence-electron chi connectivity index (χ4n) is 1.77. The van der Waals surface area contributed by atoms with Gasteiger partial charge in [-0.25, -0.2) is 4.98 Å². The van der Waals surface area contributed by atoms with Crippen molar-refractivity contribution in [2.24, 2.45) is 0 Å². The molecule has 1 fully saturated rings. The summed E-state index contributed by atoms with van der Waals surface area (Å²) in [5, 5.41) is 14.7. The van der Waals surface area contributed by atoms with Crippen molar-refractivity contribution in [3.05, 3.63) is 16.3 Å². The van der Waals surface area contributed by atoms with Crippen molar-refractivity contribution in [1.82, 2.24) is 9.97 Å². The lowest BCUT2D eigenvalue weighted by molar-refractivity contribution is -0.388. The second-order valence-electron chi connectivity index (χ2n) is 4.10. The summed E-state index contributed by atoms with van der Waals surface area (Å²) < 4.78 is 5.29. The monoisotopic (exact) mass is 284 g/mol. The van der Waals surface area contributed by atoms with Gasteiger partial charge in [0.2, 0.25) is 5.95 Å². The third-order valence-corrected chi connectivity index (χ3v) is 4.04. The molecule has 8 heteroatoms. The lowest BCUT2D eigenvalue weighted by Gasteiger charge is -2.20. The number of hydrogen-bond acceptors (Lipinski definition) is 7. The van der Waals surface area contributed by atoms with Gasteiger partial charge in [0, 0.05) is 25.0 Å². The molecule has 0 unspecified atom stereocenters. The maximum atomic E-state index is 11.0. The smallest absolute Gasteiger partial charge is 0.319 e.